The van der Waals surface area contributed by atoms with Crippen molar-refractivity contribution in [2.45, 2.75) is 5.40 Å². The molecule has 0 amide bonds. The van der Waals surface area contributed by atoms with Crippen molar-refractivity contribution in [1.29, 1.82) is 0 Å². The van der Waals surface area contributed by atoms with E-state index in [1.165, 1.54) is 18.5 Å². The van der Waals surface area contributed by atoms with Crippen LogP contribution in [-0.2, 0) is 9.13 Å². The first kappa shape index (κ1) is 14.2. The molecule has 0 radical (unpaired) electrons. The highest BCUT2D eigenvalue weighted by Crippen LogP contribution is 2.59. The summed E-state index contributed by atoms with van der Waals surface area (Å²) in [5.74, 6) is 0.0272. The summed E-state index contributed by atoms with van der Waals surface area (Å²) in [5, 5.41) is 0.239. The van der Waals surface area contributed by atoms with Crippen molar-refractivity contribution in [3.05, 3.63) is 18.5 Å². The number of hydrogen-bond donors (Lipinski definition) is 5. The highest BCUT2D eigenvalue weighted by molar-refractivity contribution is 7.70. The first-order chi connectivity index (χ1) is 7.71. The summed E-state index contributed by atoms with van der Waals surface area (Å²) in [6.07, 6.45) is 2.75. The van der Waals surface area contributed by atoms with E-state index in [-0.39, 0.29) is 5.95 Å². The van der Waals surface area contributed by atoms with E-state index in [0.29, 0.717) is 0 Å². The average Bonchev–Trinajstić information content (AvgIpc) is 2.15. The fourth-order valence-electron chi connectivity index (χ4n) is 1.01. The van der Waals surface area contributed by atoms with E-state index >= 15 is 0 Å². The van der Waals surface area contributed by atoms with E-state index in [1.807, 2.05) is 0 Å². The van der Waals surface area contributed by atoms with Crippen molar-refractivity contribution < 1.29 is 28.7 Å². The van der Waals surface area contributed by atoms with E-state index in [9.17, 15) is 9.13 Å². The summed E-state index contributed by atoms with van der Waals surface area (Å²) in [4.78, 5) is 42.7. The van der Waals surface area contributed by atoms with Crippen LogP contribution in [0.3, 0.4) is 0 Å². The Morgan fingerprint density at radius 3 is 2.00 bits per heavy atom. The number of hydrogen-bond acceptors (Lipinski definition) is 5. The van der Waals surface area contributed by atoms with Gasteiger partial charge in [-0.2, -0.15) is 0 Å². The van der Waals surface area contributed by atoms with Crippen LogP contribution in [-0.4, -0.2) is 41.5 Å². The maximum Gasteiger partial charge on any atom is 0.342 e. The normalized spacial score (nSPS) is 12.8. The van der Waals surface area contributed by atoms with Crippen molar-refractivity contribution >= 4 is 21.1 Å². The van der Waals surface area contributed by atoms with Gasteiger partial charge in [-0.1, -0.05) is 0 Å². The molecule has 1 aromatic rings. The Morgan fingerprint density at radius 2 is 1.59 bits per heavy atom. The van der Waals surface area contributed by atoms with Crippen molar-refractivity contribution in [3.63, 3.8) is 0 Å². The quantitative estimate of drug-likeness (QED) is 0.453. The predicted molar refractivity (Wildman–Crippen MR) is 58.4 cm³/mol. The van der Waals surface area contributed by atoms with Crippen molar-refractivity contribution in [3.8, 4) is 0 Å². The summed E-state index contributed by atoms with van der Waals surface area (Å²) in [5.41, 5.74) is 0. The van der Waals surface area contributed by atoms with E-state index in [0.717, 1.165) is 0 Å². The smallest absolute Gasteiger partial charge is 0.342 e. The van der Waals surface area contributed by atoms with Gasteiger partial charge in [0.15, 0.2) is 5.40 Å². The first-order valence-electron chi connectivity index (χ1n) is 4.32. The Hall–Kier alpha value is -0.820. The van der Waals surface area contributed by atoms with E-state index in [1.54, 1.807) is 0 Å². The number of rotatable bonds is 5. The zero-order chi connectivity index (χ0) is 13.1. The summed E-state index contributed by atoms with van der Waals surface area (Å²) in [7, 11) is -9.83. The summed E-state index contributed by atoms with van der Waals surface area (Å²) in [6.45, 7) is -0.626. The number of nitrogens with one attached hydrogen (secondary N) is 1. The molecule has 1 rings (SSSR count). The monoisotopic (exact) mass is 283 g/mol. The van der Waals surface area contributed by atoms with Gasteiger partial charge in [0.05, 0.1) is 0 Å². The SMILES string of the molecule is O=P(O)(O)C(CNc1ncccn1)P(=O)(O)O. The van der Waals surface area contributed by atoms with Crippen LogP contribution in [0.4, 0.5) is 5.95 Å². The highest BCUT2D eigenvalue weighted by Gasteiger charge is 2.43. The molecule has 0 saturated heterocycles. The molecule has 0 aliphatic carbocycles. The van der Waals surface area contributed by atoms with Gasteiger partial charge in [0, 0.05) is 18.9 Å². The fourth-order valence-corrected chi connectivity index (χ4v) is 3.23. The molecule has 0 bridgehead atoms. The van der Waals surface area contributed by atoms with Crippen LogP contribution in [0.1, 0.15) is 0 Å². The third kappa shape index (κ3) is 4.51. The highest BCUT2D eigenvalue weighted by atomic mass is 31.2. The maximum atomic E-state index is 10.9. The average molecular weight is 283 g/mol. The molecule has 0 aliphatic rings. The van der Waals surface area contributed by atoms with Gasteiger partial charge < -0.3 is 24.9 Å². The summed E-state index contributed by atoms with van der Waals surface area (Å²) in [6, 6.07) is 1.52. The molecule has 17 heavy (non-hydrogen) atoms. The van der Waals surface area contributed by atoms with Crippen molar-refractivity contribution in [2.75, 3.05) is 11.9 Å². The second-order valence-electron chi connectivity index (χ2n) is 3.11. The van der Waals surface area contributed by atoms with Gasteiger partial charge in [-0.3, -0.25) is 9.13 Å². The zero-order valence-corrected chi connectivity index (χ0v) is 10.2. The van der Waals surface area contributed by atoms with Gasteiger partial charge in [0.25, 0.3) is 0 Å². The number of nitrogens with zero attached hydrogens (tertiary/aromatic N) is 2. The number of anilines is 1. The predicted octanol–water partition coefficient (Wildman–Crippen LogP) is -0.430. The van der Waals surface area contributed by atoms with Gasteiger partial charge in [-0.15, -0.1) is 0 Å². The Morgan fingerprint density at radius 1 is 1.12 bits per heavy atom. The molecule has 0 aromatic carbocycles. The molecule has 0 aliphatic heterocycles. The lowest BCUT2D eigenvalue weighted by Crippen LogP contribution is -2.21. The van der Waals surface area contributed by atoms with Gasteiger partial charge in [0.1, 0.15) is 0 Å². The summed E-state index contributed by atoms with van der Waals surface area (Å²) >= 11 is 0. The van der Waals surface area contributed by atoms with Crippen LogP contribution in [0, 0.1) is 0 Å². The molecule has 96 valence electrons. The van der Waals surface area contributed by atoms with E-state index in [4.69, 9.17) is 19.6 Å². The molecule has 9 nitrogen and oxygen atoms in total. The minimum Gasteiger partial charge on any atom is -0.353 e. The first-order valence-corrected chi connectivity index (χ1v) is 7.69. The van der Waals surface area contributed by atoms with Gasteiger partial charge in [-0.05, 0) is 6.07 Å². The van der Waals surface area contributed by atoms with Gasteiger partial charge in [0.2, 0.25) is 5.95 Å². The summed E-state index contributed by atoms with van der Waals surface area (Å²) < 4.78 is 21.8. The third-order valence-electron chi connectivity index (χ3n) is 1.79. The topological polar surface area (TPSA) is 153 Å². The van der Waals surface area contributed by atoms with Crippen LogP contribution in [0.2, 0.25) is 0 Å². The van der Waals surface area contributed by atoms with Crippen LogP contribution in [0.5, 0.6) is 0 Å². The Kier molecular flexibility index (Phi) is 4.37. The second-order valence-corrected chi connectivity index (χ2v) is 7.12. The minimum atomic E-state index is -4.92. The second kappa shape index (κ2) is 5.22. The van der Waals surface area contributed by atoms with E-state index in [2.05, 4.69) is 15.3 Å². The molecule has 5 N–H and O–H groups in total. The zero-order valence-electron chi connectivity index (χ0n) is 8.41. The van der Waals surface area contributed by atoms with Crippen molar-refractivity contribution in [1.82, 2.24) is 9.97 Å². The lowest BCUT2D eigenvalue weighted by Gasteiger charge is -2.19. The largest absolute Gasteiger partial charge is 0.353 e. The van der Waals surface area contributed by atoms with Crippen LogP contribution in [0.25, 0.3) is 0 Å². The molecule has 0 atom stereocenters. The van der Waals surface area contributed by atoms with Crippen LogP contribution >= 0.6 is 15.2 Å². The molecule has 1 heterocycles. The lowest BCUT2D eigenvalue weighted by atomic mass is 10.6. The molecule has 1 aromatic heterocycles. The fraction of sp³-hybridized carbons (Fsp3) is 0.333. The standard InChI is InChI=1S/C6H11N3O6P2/c10-16(11,12)5(17(13,14)15)4-9-6-7-2-1-3-8-6/h1-3,5H,4H2,(H,7,8,9)(H2,10,11,12)(H2,13,14,15). The molecule has 0 spiro atoms. The van der Waals surface area contributed by atoms with Gasteiger partial charge in [-0.25, -0.2) is 9.97 Å². The Balaban J connectivity index is 2.77. The number of aromatic nitrogens is 2. The van der Waals surface area contributed by atoms with Crippen molar-refractivity contribution in [2.24, 2.45) is 0 Å². The third-order valence-corrected chi connectivity index (χ3v) is 5.51. The Labute approximate surface area is 96.3 Å². The molecule has 11 heteroatoms. The van der Waals surface area contributed by atoms with Crippen LogP contribution < -0.4 is 5.32 Å². The molecule has 0 unspecified atom stereocenters. The van der Waals surface area contributed by atoms with E-state index < -0.39 is 27.1 Å². The minimum absolute atomic E-state index is 0.0272. The Bertz CT molecular complexity index is 434. The van der Waals surface area contributed by atoms with Crippen LogP contribution in [0.15, 0.2) is 18.5 Å². The molecular weight excluding hydrogens is 272 g/mol. The maximum absolute atomic E-state index is 10.9. The van der Waals surface area contributed by atoms with Gasteiger partial charge >= 0.3 is 15.2 Å². The molecule has 0 saturated carbocycles. The lowest BCUT2D eigenvalue weighted by molar-refractivity contribution is 0.340. The molecular formula is C6H11N3O6P2. The molecule has 0 fully saturated rings.